The molecule has 0 bridgehead atoms. The minimum atomic E-state index is -0.558. The van der Waals surface area contributed by atoms with Crippen LogP contribution in [0.4, 0.5) is 11.4 Å². The van der Waals surface area contributed by atoms with E-state index in [0.29, 0.717) is 12.4 Å². The fraction of sp³-hybridized carbons (Fsp3) is 0.263. The highest BCUT2D eigenvalue weighted by Gasteiger charge is 2.16. The number of ether oxygens (including phenoxy) is 1. The first kappa shape index (κ1) is 19.9. The van der Waals surface area contributed by atoms with Gasteiger partial charge in [-0.15, -0.1) is 10.2 Å². The summed E-state index contributed by atoms with van der Waals surface area (Å²) in [5, 5.41) is 25.5. The molecular weight excluding hydrogens is 376 g/mol. The Kier molecular flexibility index (Phi) is 6.46. The van der Waals surface area contributed by atoms with Crippen molar-refractivity contribution >= 4 is 17.3 Å². The van der Waals surface area contributed by atoms with E-state index in [2.05, 4.69) is 27.7 Å². The van der Waals surface area contributed by atoms with Crippen molar-refractivity contribution in [2.24, 2.45) is 0 Å². The monoisotopic (exact) mass is 396 g/mol. The lowest BCUT2D eigenvalue weighted by Gasteiger charge is -2.05. The molecule has 0 aliphatic carbocycles. The number of nitro benzene ring substituents is 1. The van der Waals surface area contributed by atoms with Crippen molar-refractivity contribution in [1.29, 1.82) is 0 Å². The van der Waals surface area contributed by atoms with Crippen LogP contribution < -0.4 is 10.1 Å². The van der Waals surface area contributed by atoms with Crippen molar-refractivity contribution in [2.75, 3.05) is 11.9 Å². The molecule has 3 aromatic rings. The number of rotatable bonds is 9. The zero-order chi connectivity index (χ0) is 20.6. The largest absolute Gasteiger partial charge is 0.494 e. The molecule has 10 nitrogen and oxygen atoms in total. The number of hydrogen-bond donors (Lipinski definition) is 1. The van der Waals surface area contributed by atoms with Crippen LogP contribution in [0.15, 0.2) is 48.5 Å². The van der Waals surface area contributed by atoms with E-state index in [1.807, 2.05) is 24.3 Å². The van der Waals surface area contributed by atoms with Gasteiger partial charge in [-0.05, 0) is 42.0 Å². The van der Waals surface area contributed by atoms with E-state index in [1.165, 1.54) is 18.2 Å². The summed E-state index contributed by atoms with van der Waals surface area (Å²) in [5.74, 6) is 0.630. The number of benzene rings is 2. The van der Waals surface area contributed by atoms with Gasteiger partial charge in [0.1, 0.15) is 18.0 Å². The number of aromatic nitrogens is 4. The van der Waals surface area contributed by atoms with Gasteiger partial charge in [0.15, 0.2) is 0 Å². The first-order valence-electron chi connectivity index (χ1n) is 9.11. The molecule has 29 heavy (non-hydrogen) atoms. The molecule has 0 aliphatic rings. The second kappa shape index (κ2) is 9.40. The van der Waals surface area contributed by atoms with E-state index < -0.39 is 10.8 Å². The normalized spacial score (nSPS) is 10.5. The maximum Gasteiger partial charge on any atom is 0.292 e. The summed E-state index contributed by atoms with van der Waals surface area (Å²) in [6, 6.07) is 13.2. The van der Waals surface area contributed by atoms with Gasteiger partial charge in [0.2, 0.25) is 11.7 Å². The second-order valence-corrected chi connectivity index (χ2v) is 6.19. The van der Waals surface area contributed by atoms with Gasteiger partial charge in [-0.3, -0.25) is 14.9 Å². The molecule has 150 valence electrons. The number of amides is 1. The molecule has 0 aliphatic heterocycles. The van der Waals surface area contributed by atoms with E-state index in [-0.39, 0.29) is 17.9 Å². The topological polar surface area (TPSA) is 125 Å². The number of anilines is 1. The molecule has 0 atom stereocenters. The summed E-state index contributed by atoms with van der Waals surface area (Å²) >= 11 is 0. The van der Waals surface area contributed by atoms with Crippen molar-refractivity contribution in [3.63, 3.8) is 0 Å². The molecule has 1 heterocycles. The Bertz CT molecular complexity index is 986. The molecule has 0 saturated heterocycles. The third-order valence-corrected chi connectivity index (χ3v) is 3.99. The summed E-state index contributed by atoms with van der Waals surface area (Å²) in [6.45, 7) is 2.54. The predicted molar refractivity (Wildman–Crippen MR) is 105 cm³/mol. The zero-order valence-corrected chi connectivity index (χ0v) is 15.8. The SMILES string of the molecule is CCCCOc1ccc(-c2nnn(CC(=O)Nc3ccccc3[N+](=O)[O-])n2)cc1. The fourth-order valence-corrected chi connectivity index (χ4v) is 2.52. The Morgan fingerprint density at radius 1 is 1.21 bits per heavy atom. The number of carbonyl (C=O) groups excluding carboxylic acids is 1. The number of nitro groups is 1. The highest BCUT2D eigenvalue weighted by molar-refractivity contribution is 5.92. The molecule has 3 rings (SSSR count). The molecule has 0 radical (unpaired) electrons. The second-order valence-electron chi connectivity index (χ2n) is 6.19. The molecular formula is C19H20N6O4. The van der Waals surface area contributed by atoms with Gasteiger partial charge in [-0.2, -0.15) is 4.80 Å². The molecule has 0 spiro atoms. The first-order valence-corrected chi connectivity index (χ1v) is 9.11. The number of para-hydroxylation sites is 2. The molecule has 1 N–H and O–H groups in total. The summed E-state index contributed by atoms with van der Waals surface area (Å²) in [5.41, 5.74) is 0.661. The molecule has 0 unspecified atom stereocenters. The maximum atomic E-state index is 12.2. The number of tetrazole rings is 1. The lowest BCUT2D eigenvalue weighted by molar-refractivity contribution is -0.383. The zero-order valence-electron chi connectivity index (χ0n) is 15.8. The van der Waals surface area contributed by atoms with E-state index in [0.717, 1.165) is 29.0 Å². The molecule has 0 saturated carbocycles. The van der Waals surface area contributed by atoms with E-state index in [1.54, 1.807) is 6.07 Å². The van der Waals surface area contributed by atoms with Gasteiger partial charge in [0.25, 0.3) is 5.69 Å². The predicted octanol–water partition coefficient (Wildman–Crippen LogP) is 3.07. The molecule has 1 amide bonds. The van der Waals surface area contributed by atoms with Crippen LogP contribution in [0.25, 0.3) is 11.4 Å². The molecule has 0 fully saturated rings. The number of unbranched alkanes of at least 4 members (excludes halogenated alkanes) is 1. The standard InChI is InChI=1S/C19H20N6O4/c1-2-3-12-29-15-10-8-14(9-11-15)19-21-23-24(22-19)13-18(26)20-16-6-4-5-7-17(16)25(27)28/h4-11H,2-3,12-13H2,1H3,(H,20,26). The van der Waals surface area contributed by atoms with E-state index in [9.17, 15) is 14.9 Å². The van der Waals surface area contributed by atoms with Crippen LogP contribution in [0.5, 0.6) is 5.75 Å². The third kappa shape index (κ3) is 5.34. The maximum absolute atomic E-state index is 12.2. The minimum Gasteiger partial charge on any atom is -0.494 e. The highest BCUT2D eigenvalue weighted by atomic mass is 16.6. The van der Waals surface area contributed by atoms with Crippen LogP contribution in [0.3, 0.4) is 0 Å². The minimum absolute atomic E-state index is 0.113. The molecule has 10 heteroatoms. The lowest BCUT2D eigenvalue weighted by atomic mass is 10.2. The highest BCUT2D eigenvalue weighted by Crippen LogP contribution is 2.23. The summed E-state index contributed by atoms with van der Waals surface area (Å²) in [7, 11) is 0. The van der Waals surface area contributed by atoms with Gasteiger partial charge in [-0.25, -0.2) is 0 Å². The molecule has 2 aromatic carbocycles. The number of nitrogens with zero attached hydrogens (tertiary/aromatic N) is 5. The smallest absolute Gasteiger partial charge is 0.292 e. The Labute approximate surface area is 166 Å². The van der Waals surface area contributed by atoms with Crippen molar-refractivity contribution in [2.45, 2.75) is 26.3 Å². The quantitative estimate of drug-likeness (QED) is 0.335. The Morgan fingerprint density at radius 3 is 2.69 bits per heavy atom. The first-order chi connectivity index (χ1) is 14.1. The van der Waals surface area contributed by atoms with Crippen molar-refractivity contribution in [3.8, 4) is 17.1 Å². The van der Waals surface area contributed by atoms with Crippen LogP contribution in [0.1, 0.15) is 19.8 Å². The van der Waals surface area contributed by atoms with Crippen LogP contribution in [-0.4, -0.2) is 37.6 Å². The average Bonchev–Trinajstić information content (AvgIpc) is 3.17. The van der Waals surface area contributed by atoms with Crippen molar-refractivity contribution in [1.82, 2.24) is 20.2 Å². The number of carbonyl (C=O) groups is 1. The van der Waals surface area contributed by atoms with Gasteiger partial charge in [-0.1, -0.05) is 25.5 Å². The van der Waals surface area contributed by atoms with Gasteiger partial charge < -0.3 is 10.1 Å². The lowest BCUT2D eigenvalue weighted by Crippen LogP contribution is -2.21. The van der Waals surface area contributed by atoms with E-state index >= 15 is 0 Å². The Hall–Kier alpha value is -3.82. The van der Waals surface area contributed by atoms with Crippen LogP contribution in [0, 0.1) is 10.1 Å². The van der Waals surface area contributed by atoms with Crippen molar-refractivity contribution in [3.05, 3.63) is 58.6 Å². The number of nitrogens with one attached hydrogen (secondary N) is 1. The summed E-state index contributed by atoms with van der Waals surface area (Å²) in [6.07, 6.45) is 2.06. The van der Waals surface area contributed by atoms with Gasteiger partial charge >= 0.3 is 0 Å². The Balaban J connectivity index is 1.61. The summed E-state index contributed by atoms with van der Waals surface area (Å²) in [4.78, 5) is 23.8. The van der Waals surface area contributed by atoms with Crippen LogP contribution >= 0.6 is 0 Å². The van der Waals surface area contributed by atoms with Gasteiger partial charge in [0, 0.05) is 11.6 Å². The summed E-state index contributed by atoms with van der Waals surface area (Å²) < 4.78 is 5.62. The fourth-order valence-electron chi connectivity index (χ4n) is 2.52. The number of hydrogen-bond acceptors (Lipinski definition) is 7. The third-order valence-electron chi connectivity index (χ3n) is 3.99. The van der Waals surface area contributed by atoms with Crippen LogP contribution in [0.2, 0.25) is 0 Å². The van der Waals surface area contributed by atoms with E-state index in [4.69, 9.17) is 4.74 Å². The van der Waals surface area contributed by atoms with Crippen LogP contribution in [-0.2, 0) is 11.3 Å². The van der Waals surface area contributed by atoms with Crippen molar-refractivity contribution < 1.29 is 14.5 Å². The van der Waals surface area contributed by atoms with Gasteiger partial charge in [0.05, 0.1) is 11.5 Å². The Morgan fingerprint density at radius 2 is 1.97 bits per heavy atom. The molecule has 1 aromatic heterocycles. The average molecular weight is 396 g/mol.